The van der Waals surface area contributed by atoms with Crippen molar-refractivity contribution in [1.82, 2.24) is 10.2 Å². The molecule has 7 N–H and O–H groups in total. The number of nitrogens with two attached hydrogens (primary N) is 1. The Morgan fingerprint density at radius 2 is 0.706 bits per heavy atom. The van der Waals surface area contributed by atoms with E-state index in [9.17, 15) is 20.4 Å². The Hall–Kier alpha value is -0.0525. The molecule has 0 aliphatic rings. The first-order valence-corrected chi connectivity index (χ1v) is 31.2. The normalized spacial score (nSPS) is 14.6. The highest BCUT2D eigenvalue weighted by atomic mass is 28.4. The SMILES string of the molecule is CO[Si](CCCOCC(O)CCCCNCC(O)COCCC[Si](OC)(OC)OC)(OC)OC.CO[Si](CCCOCC(O)CN(CCN)CC(O)COCCC[Si](OC)(OC)OC)(OC)OC. The van der Waals surface area contributed by atoms with E-state index in [1.807, 2.05) is 4.90 Å². The first-order chi connectivity index (χ1) is 32.6. The first-order valence-electron chi connectivity index (χ1n) is 23.4. The monoisotopic (exact) mass is 1060 g/mol. The Balaban J connectivity index is 0. The number of hydrogen-bond acceptors (Lipinski definition) is 23. The molecular weight excluding hydrogens is 967 g/mol. The summed E-state index contributed by atoms with van der Waals surface area (Å²) < 4.78 is 86.7. The third-order valence-corrected chi connectivity index (χ3v) is 22.3. The van der Waals surface area contributed by atoms with Crippen molar-refractivity contribution >= 4 is 35.2 Å². The molecule has 0 amide bonds. The molecule has 27 heteroatoms. The minimum Gasteiger partial charge on any atom is -0.391 e. The Morgan fingerprint density at radius 3 is 1.00 bits per heavy atom. The van der Waals surface area contributed by atoms with E-state index >= 15 is 0 Å². The van der Waals surface area contributed by atoms with Crippen LogP contribution >= 0.6 is 0 Å². The molecule has 0 heterocycles. The van der Waals surface area contributed by atoms with Gasteiger partial charge in [0, 0.05) is 169 Å². The highest BCUT2D eigenvalue weighted by Crippen LogP contribution is 2.18. The third kappa shape index (κ3) is 32.9. The smallest absolute Gasteiger partial charge is 0.391 e. The lowest BCUT2D eigenvalue weighted by Crippen LogP contribution is -2.43. The van der Waals surface area contributed by atoms with Crippen LogP contribution in [-0.2, 0) is 72.1 Å². The number of nitrogens with zero attached hydrogens (tertiary/aromatic N) is 1. The third-order valence-electron chi connectivity index (χ3n) is 11.0. The van der Waals surface area contributed by atoms with E-state index in [0.29, 0.717) is 109 Å². The lowest BCUT2D eigenvalue weighted by molar-refractivity contribution is -0.00991. The summed E-state index contributed by atoms with van der Waals surface area (Å²) in [5.41, 5.74) is 5.69. The van der Waals surface area contributed by atoms with Gasteiger partial charge in [0.25, 0.3) is 0 Å². The van der Waals surface area contributed by atoms with Crippen LogP contribution in [0.1, 0.15) is 44.9 Å². The minimum absolute atomic E-state index is 0.180. The second-order valence-corrected chi connectivity index (χ2v) is 28.1. The maximum atomic E-state index is 10.3. The minimum atomic E-state index is -2.60. The van der Waals surface area contributed by atoms with Crippen LogP contribution in [-0.4, -0.2) is 262 Å². The first kappa shape index (κ1) is 70.0. The van der Waals surface area contributed by atoms with Gasteiger partial charge in [0.15, 0.2) is 0 Å². The molecule has 0 radical (unpaired) electrons. The summed E-state index contributed by atoms with van der Waals surface area (Å²) in [5.74, 6) is 0. The molecule has 4 unspecified atom stereocenters. The molecule has 0 aliphatic heterocycles. The second kappa shape index (κ2) is 44.4. The fourth-order valence-corrected chi connectivity index (χ4v) is 13.6. The van der Waals surface area contributed by atoms with Gasteiger partial charge in [-0.2, -0.15) is 0 Å². The van der Waals surface area contributed by atoms with Crippen molar-refractivity contribution in [3.8, 4) is 0 Å². The van der Waals surface area contributed by atoms with E-state index in [1.54, 1.807) is 85.3 Å². The fraction of sp³-hybridized carbons (Fsp3) is 1.00. The van der Waals surface area contributed by atoms with E-state index in [1.165, 1.54) is 0 Å². The molecule has 0 aromatic rings. The van der Waals surface area contributed by atoms with Crippen molar-refractivity contribution in [1.29, 1.82) is 0 Å². The molecule has 412 valence electrons. The highest BCUT2D eigenvalue weighted by molar-refractivity contribution is 6.61. The molecule has 0 saturated heterocycles. The van der Waals surface area contributed by atoms with Crippen LogP contribution in [0.15, 0.2) is 0 Å². The van der Waals surface area contributed by atoms with E-state index in [4.69, 9.17) is 77.8 Å². The van der Waals surface area contributed by atoms with Gasteiger partial charge in [0.1, 0.15) is 0 Å². The zero-order chi connectivity index (χ0) is 51.6. The molecule has 68 heavy (non-hydrogen) atoms. The molecule has 0 rings (SSSR count). The zero-order valence-corrected chi connectivity index (χ0v) is 47.8. The molecule has 0 aromatic heterocycles. The second-order valence-electron chi connectivity index (χ2n) is 15.8. The Morgan fingerprint density at radius 1 is 0.412 bits per heavy atom. The summed E-state index contributed by atoms with van der Waals surface area (Å²) in [6, 6.07) is 2.60. The maximum absolute atomic E-state index is 10.3. The van der Waals surface area contributed by atoms with Gasteiger partial charge < -0.3 is 104 Å². The van der Waals surface area contributed by atoms with Crippen LogP contribution in [0.5, 0.6) is 0 Å². The van der Waals surface area contributed by atoms with Crippen molar-refractivity contribution in [2.45, 2.75) is 93.5 Å². The lowest BCUT2D eigenvalue weighted by atomic mass is 10.1. The molecule has 0 spiro atoms. The van der Waals surface area contributed by atoms with Gasteiger partial charge in [-0.1, -0.05) is 0 Å². The highest BCUT2D eigenvalue weighted by Gasteiger charge is 2.39. The van der Waals surface area contributed by atoms with Crippen molar-refractivity contribution in [3.05, 3.63) is 0 Å². The Bertz CT molecular complexity index is 987. The van der Waals surface area contributed by atoms with Gasteiger partial charge >= 0.3 is 35.2 Å². The number of aliphatic hydroxyl groups is 4. The predicted molar refractivity (Wildman–Crippen MR) is 264 cm³/mol. The molecule has 0 bridgehead atoms. The summed E-state index contributed by atoms with van der Waals surface area (Å²) in [5, 5.41) is 43.9. The quantitative estimate of drug-likeness (QED) is 0.0359. The number of nitrogens with one attached hydrogen (secondary N) is 1. The van der Waals surface area contributed by atoms with Gasteiger partial charge in [0.2, 0.25) is 0 Å². The average Bonchev–Trinajstić information content (AvgIpc) is 3.35. The molecule has 0 aromatic carbocycles. The van der Waals surface area contributed by atoms with Crippen molar-refractivity contribution in [3.63, 3.8) is 0 Å². The van der Waals surface area contributed by atoms with Crippen LogP contribution in [0.3, 0.4) is 0 Å². The van der Waals surface area contributed by atoms with Crippen LogP contribution in [0.25, 0.3) is 0 Å². The number of unbranched alkanes of at least 4 members (excludes halogenated alkanes) is 1. The van der Waals surface area contributed by atoms with Crippen molar-refractivity contribution in [2.24, 2.45) is 5.73 Å². The van der Waals surface area contributed by atoms with Gasteiger partial charge in [0.05, 0.1) is 50.8 Å². The summed E-state index contributed by atoms with van der Waals surface area (Å²) in [6.45, 7) is 5.75. The molecule has 0 saturated carbocycles. The number of rotatable bonds is 49. The number of aliphatic hydroxyl groups excluding tert-OH is 4. The van der Waals surface area contributed by atoms with Crippen LogP contribution in [0.4, 0.5) is 0 Å². The van der Waals surface area contributed by atoms with Crippen molar-refractivity contribution in [2.75, 3.05) is 177 Å². The number of hydrogen-bond donors (Lipinski definition) is 6. The molecule has 0 aliphatic carbocycles. The lowest BCUT2D eigenvalue weighted by Gasteiger charge is -2.27. The summed E-state index contributed by atoms with van der Waals surface area (Å²) in [6.07, 6.45) is 2.88. The van der Waals surface area contributed by atoms with Gasteiger partial charge in [-0.3, -0.25) is 4.90 Å². The van der Waals surface area contributed by atoms with Crippen LogP contribution in [0.2, 0.25) is 24.2 Å². The average molecular weight is 1060 g/mol. The summed E-state index contributed by atoms with van der Waals surface area (Å²) >= 11 is 0. The van der Waals surface area contributed by atoms with Gasteiger partial charge in [-0.25, -0.2) is 0 Å². The molecule has 0 fully saturated rings. The largest absolute Gasteiger partial charge is 0.500 e. The van der Waals surface area contributed by atoms with E-state index in [-0.39, 0.29) is 19.8 Å². The standard InChI is InChI=1S/C21H49NO10Si2.C20H48N2O10Si2/c1-25-33(26-2,27-3)15-9-13-31-18-20(23)11-7-8-12-22-17-21(24)19-32-14-10-16-34(28-4,29-5)30-6;1-25-33(26-2,27-3)13-7-11-31-17-19(23)15-22(10-9-21)16-20(24)18-32-12-8-14-34(28-4,29-5)30-6/h20-24H,7-19H2,1-6H3;19-20,23-24H,7-18,21H2,1-6H3. The van der Waals surface area contributed by atoms with E-state index in [2.05, 4.69) is 5.32 Å². The predicted octanol–water partition coefficient (Wildman–Crippen LogP) is 0.576. The topological polar surface area (TPSA) is 270 Å². The van der Waals surface area contributed by atoms with Crippen molar-refractivity contribution < 1.29 is 92.5 Å². The maximum Gasteiger partial charge on any atom is 0.500 e. The number of ether oxygens (including phenoxy) is 4. The van der Waals surface area contributed by atoms with Crippen LogP contribution < -0.4 is 11.1 Å². The summed E-state index contributed by atoms with van der Waals surface area (Å²) in [4.78, 5) is 1.90. The van der Waals surface area contributed by atoms with Gasteiger partial charge in [-0.15, -0.1) is 0 Å². The van der Waals surface area contributed by atoms with Crippen LogP contribution in [0, 0.1) is 0 Å². The van der Waals surface area contributed by atoms with E-state index < -0.39 is 59.6 Å². The van der Waals surface area contributed by atoms with Gasteiger partial charge in [-0.05, 0) is 51.5 Å². The fourth-order valence-electron chi connectivity index (χ4n) is 6.85. The summed E-state index contributed by atoms with van der Waals surface area (Å²) in [7, 11) is 8.69. The Kier molecular flexibility index (Phi) is 45.8. The van der Waals surface area contributed by atoms with E-state index in [0.717, 1.165) is 32.2 Å². The molecule has 23 nitrogen and oxygen atoms in total. The zero-order valence-electron chi connectivity index (χ0n) is 43.8. The Labute approximate surface area is 413 Å². The molecular formula is C41H97N3O20Si4. The molecule has 4 atom stereocenters.